The van der Waals surface area contributed by atoms with Crippen LogP contribution in [-0.2, 0) is 6.42 Å². The van der Waals surface area contributed by atoms with Crippen molar-refractivity contribution in [3.8, 4) is 0 Å². The smallest absolute Gasteiger partial charge is 0.254 e. The highest BCUT2D eigenvalue weighted by molar-refractivity contribution is 5.94. The Kier molecular flexibility index (Phi) is 2.25. The molecule has 1 rings (SSSR count). The Balaban J connectivity index is 2.92. The van der Waals surface area contributed by atoms with Gasteiger partial charge in [0.05, 0.1) is 11.8 Å². The highest BCUT2D eigenvalue weighted by Gasteiger charge is 2.09. The average molecular weight is 153 g/mol. The molecule has 11 heavy (non-hydrogen) atoms. The zero-order valence-electron chi connectivity index (χ0n) is 6.64. The van der Waals surface area contributed by atoms with Crippen LogP contribution in [0.2, 0.25) is 0 Å². The molecule has 0 radical (unpaired) electrons. The summed E-state index contributed by atoms with van der Waals surface area (Å²) in [5.74, 6) is -0.0874. The highest BCUT2D eigenvalue weighted by atomic mass is 16.1. The normalized spacial score (nSPS) is 9.64. The van der Waals surface area contributed by atoms with Crippen LogP contribution in [0.25, 0.3) is 0 Å². The van der Waals surface area contributed by atoms with Crippen LogP contribution in [0.15, 0.2) is 6.20 Å². The molecule has 1 amide bonds. The van der Waals surface area contributed by atoms with Gasteiger partial charge in [0, 0.05) is 12.7 Å². The molecule has 0 aliphatic heterocycles. The number of carbonyl (C=O) groups excluding carboxylic acids is 1. The molecule has 2 N–H and O–H groups in total. The van der Waals surface area contributed by atoms with E-state index in [1.807, 2.05) is 6.92 Å². The summed E-state index contributed by atoms with van der Waals surface area (Å²) in [7, 11) is 1.61. The molecular formula is C7H11N3O. The molecule has 0 spiro atoms. The lowest BCUT2D eigenvalue weighted by atomic mass is 10.2. The largest absolute Gasteiger partial charge is 0.355 e. The van der Waals surface area contributed by atoms with Gasteiger partial charge in [0.1, 0.15) is 0 Å². The Morgan fingerprint density at radius 2 is 2.55 bits per heavy atom. The van der Waals surface area contributed by atoms with Gasteiger partial charge < -0.3 is 5.32 Å². The van der Waals surface area contributed by atoms with Gasteiger partial charge in [-0.1, -0.05) is 6.92 Å². The number of H-pyrrole nitrogens is 1. The fourth-order valence-corrected chi connectivity index (χ4v) is 0.913. The van der Waals surface area contributed by atoms with E-state index in [2.05, 4.69) is 15.5 Å². The Bertz CT molecular complexity index is 254. The van der Waals surface area contributed by atoms with Gasteiger partial charge in [-0.25, -0.2) is 0 Å². The van der Waals surface area contributed by atoms with Crippen molar-refractivity contribution in [3.63, 3.8) is 0 Å². The summed E-state index contributed by atoms with van der Waals surface area (Å²) in [4.78, 5) is 11.1. The Hall–Kier alpha value is -1.32. The molecule has 0 aliphatic rings. The van der Waals surface area contributed by atoms with Crippen molar-refractivity contribution in [1.82, 2.24) is 15.5 Å². The molecule has 1 aromatic heterocycles. The predicted molar refractivity (Wildman–Crippen MR) is 41.4 cm³/mol. The second-order valence-corrected chi connectivity index (χ2v) is 2.19. The van der Waals surface area contributed by atoms with Crippen molar-refractivity contribution in [3.05, 3.63) is 17.5 Å². The van der Waals surface area contributed by atoms with E-state index in [1.165, 1.54) is 6.20 Å². The van der Waals surface area contributed by atoms with Crippen LogP contribution < -0.4 is 5.32 Å². The second kappa shape index (κ2) is 3.18. The fraction of sp³-hybridized carbons (Fsp3) is 0.429. The van der Waals surface area contributed by atoms with Crippen LogP contribution in [0.1, 0.15) is 23.0 Å². The molecule has 0 aromatic carbocycles. The average Bonchev–Trinajstić information content (AvgIpc) is 2.50. The van der Waals surface area contributed by atoms with E-state index in [-0.39, 0.29) is 5.91 Å². The maximum absolute atomic E-state index is 11.1. The van der Waals surface area contributed by atoms with Crippen molar-refractivity contribution in [2.75, 3.05) is 7.05 Å². The van der Waals surface area contributed by atoms with Crippen molar-refractivity contribution >= 4 is 5.91 Å². The second-order valence-electron chi connectivity index (χ2n) is 2.19. The molecule has 4 nitrogen and oxygen atoms in total. The predicted octanol–water partition coefficient (Wildman–Crippen LogP) is 0.332. The first-order valence-corrected chi connectivity index (χ1v) is 3.54. The minimum Gasteiger partial charge on any atom is -0.355 e. The molecule has 0 bridgehead atoms. The first-order valence-electron chi connectivity index (χ1n) is 3.54. The molecule has 60 valence electrons. The lowest BCUT2D eigenvalue weighted by Crippen LogP contribution is -2.18. The number of nitrogens with zero attached hydrogens (tertiary/aromatic N) is 1. The third-order valence-electron chi connectivity index (χ3n) is 1.54. The molecule has 1 aromatic rings. The minimum atomic E-state index is -0.0874. The van der Waals surface area contributed by atoms with Crippen LogP contribution in [0.5, 0.6) is 0 Å². The Labute approximate surface area is 65.0 Å². The zero-order chi connectivity index (χ0) is 8.27. The Morgan fingerprint density at radius 3 is 3.09 bits per heavy atom. The fourth-order valence-electron chi connectivity index (χ4n) is 0.913. The van der Waals surface area contributed by atoms with Crippen LogP contribution in [-0.4, -0.2) is 23.2 Å². The maximum Gasteiger partial charge on any atom is 0.254 e. The number of amides is 1. The van der Waals surface area contributed by atoms with E-state index in [1.54, 1.807) is 7.05 Å². The van der Waals surface area contributed by atoms with Gasteiger partial charge in [-0.3, -0.25) is 9.89 Å². The van der Waals surface area contributed by atoms with Crippen molar-refractivity contribution in [2.24, 2.45) is 0 Å². The summed E-state index contributed by atoms with van der Waals surface area (Å²) in [5, 5.41) is 9.08. The van der Waals surface area contributed by atoms with Gasteiger partial charge in [0.25, 0.3) is 5.91 Å². The molecule has 0 atom stereocenters. The van der Waals surface area contributed by atoms with E-state index in [9.17, 15) is 4.79 Å². The van der Waals surface area contributed by atoms with Crippen molar-refractivity contribution < 1.29 is 4.79 Å². The van der Waals surface area contributed by atoms with E-state index >= 15 is 0 Å². The van der Waals surface area contributed by atoms with E-state index < -0.39 is 0 Å². The quantitative estimate of drug-likeness (QED) is 0.643. The number of aromatic amines is 1. The SMILES string of the molecule is CCc1[nH]ncc1C(=O)NC. The van der Waals surface area contributed by atoms with E-state index in [0.717, 1.165) is 12.1 Å². The third-order valence-corrected chi connectivity index (χ3v) is 1.54. The third kappa shape index (κ3) is 1.39. The number of aryl methyl sites for hydroxylation is 1. The van der Waals surface area contributed by atoms with Gasteiger partial charge in [-0.15, -0.1) is 0 Å². The van der Waals surface area contributed by atoms with Crippen LogP contribution >= 0.6 is 0 Å². The lowest BCUT2D eigenvalue weighted by Gasteiger charge is -1.96. The Morgan fingerprint density at radius 1 is 1.82 bits per heavy atom. The summed E-state index contributed by atoms with van der Waals surface area (Å²) in [5.41, 5.74) is 1.51. The maximum atomic E-state index is 11.1. The first kappa shape index (κ1) is 7.78. The summed E-state index contributed by atoms with van der Waals surface area (Å²) in [6, 6.07) is 0. The van der Waals surface area contributed by atoms with Crippen LogP contribution in [0.3, 0.4) is 0 Å². The summed E-state index contributed by atoms with van der Waals surface area (Å²) in [6.07, 6.45) is 2.33. The number of hydrogen-bond donors (Lipinski definition) is 2. The molecule has 0 saturated carbocycles. The molecule has 0 aliphatic carbocycles. The number of hydrogen-bond acceptors (Lipinski definition) is 2. The highest BCUT2D eigenvalue weighted by Crippen LogP contribution is 2.03. The summed E-state index contributed by atoms with van der Waals surface area (Å²) < 4.78 is 0. The van der Waals surface area contributed by atoms with Gasteiger partial charge in [0.2, 0.25) is 0 Å². The van der Waals surface area contributed by atoms with E-state index in [4.69, 9.17) is 0 Å². The number of aromatic nitrogens is 2. The summed E-state index contributed by atoms with van der Waals surface area (Å²) >= 11 is 0. The number of carbonyl (C=O) groups is 1. The zero-order valence-corrected chi connectivity index (χ0v) is 6.64. The van der Waals surface area contributed by atoms with Crippen LogP contribution in [0.4, 0.5) is 0 Å². The first-order chi connectivity index (χ1) is 5.29. The van der Waals surface area contributed by atoms with Gasteiger partial charge in [-0.2, -0.15) is 5.10 Å². The molecule has 0 saturated heterocycles. The van der Waals surface area contributed by atoms with E-state index in [0.29, 0.717) is 5.56 Å². The van der Waals surface area contributed by atoms with Crippen LogP contribution in [0, 0.1) is 0 Å². The monoisotopic (exact) mass is 153 g/mol. The molecule has 1 heterocycles. The number of nitrogens with one attached hydrogen (secondary N) is 2. The van der Waals surface area contributed by atoms with Crippen molar-refractivity contribution in [1.29, 1.82) is 0 Å². The topological polar surface area (TPSA) is 57.8 Å². The molecular weight excluding hydrogens is 142 g/mol. The van der Waals surface area contributed by atoms with Gasteiger partial charge >= 0.3 is 0 Å². The van der Waals surface area contributed by atoms with Gasteiger partial charge in [-0.05, 0) is 6.42 Å². The number of rotatable bonds is 2. The lowest BCUT2D eigenvalue weighted by molar-refractivity contribution is 0.0962. The molecule has 4 heteroatoms. The van der Waals surface area contributed by atoms with Crippen molar-refractivity contribution in [2.45, 2.75) is 13.3 Å². The summed E-state index contributed by atoms with van der Waals surface area (Å²) in [6.45, 7) is 1.97. The standard InChI is InChI=1S/C7H11N3O/c1-3-6-5(4-9-10-6)7(11)8-2/h4H,3H2,1-2H3,(H,8,11)(H,9,10). The molecule has 0 fully saturated rings. The van der Waals surface area contributed by atoms with Gasteiger partial charge in [0.15, 0.2) is 0 Å². The molecule has 0 unspecified atom stereocenters. The minimum absolute atomic E-state index is 0.0874.